The summed E-state index contributed by atoms with van der Waals surface area (Å²) in [5.41, 5.74) is 5.70. The van der Waals surface area contributed by atoms with Crippen molar-refractivity contribution in [2.24, 2.45) is 0 Å². The van der Waals surface area contributed by atoms with E-state index in [0.717, 1.165) is 97.6 Å². The van der Waals surface area contributed by atoms with Gasteiger partial charge in [-0.1, -0.05) is 0 Å². The van der Waals surface area contributed by atoms with Crippen LogP contribution in [0.15, 0.2) is 6.07 Å². The first-order chi connectivity index (χ1) is 16.7. The van der Waals surface area contributed by atoms with Crippen LogP contribution in [-0.2, 0) is 17.6 Å². The molecule has 9 nitrogen and oxygen atoms in total. The summed E-state index contributed by atoms with van der Waals surface area (Å²) in [5.74, 6) is 1.56. The Bertz CT molecular complexity index is 1180. The van der Waals surface area contributed by atoms with E-state index in [1.807, 2.05) is 24.6 Å². The van der Waals surface area contributed by atoms with Gasteiger partial charge >= 0.3 is 0 Å². The minimum Gasteiger partial charge on any atom is -0.381 e. The summed E-state index contributed by atoms with van der Waals surface area (Å²) in [5, 5.41) is 8.63. The van der Waals surface area contributed by atoms with E-state index in [1.54, 1.807) is 0 Å². The van der Waals surface area contributed by atoms with Gasteiger partial charge in [0, 0.05) is 32.3 Å². The molecule has 2 fully saturated rings. The molecule has 0 unspecified atom stereocenters. The highest BCUT2D eigenvalue weighted by Crippen LogP contribution is 2.29. The fourth-order valence-corrected chi connectivity index (χ4v) is 5.60. The molecule has 3 aromatic rings. The van der Waals surface area contributed by atoms with Gasteiger partial charge in [-0.15, -0.1) is 0 Å². The summed E-state index contributed by atoms with van der Waals surface area (Å²) in [4.78, 5) is 22.0. The first-order valence-corrected chi connectivity index (χ1v) is 12.9. The fourth-order valence-electron chi connectivity index (χ4n) is 5.60. The number of anilines is 2. The summed E-state index contributed by atoms with van der Waals surface area (Å²) in [6.45, 7) is 4.05. The molecule has 3 aliphatic rings. The molecule has 0 radical (unpaired) electrons. The van der Waals surface area contributed by atoms with Crippen molar-refractivity contribution in [1.82, 2.24) is 29.5 Å². The first kappa shape index (κ1) is 21.7. The first-order valence-electron chi connectivity index (χ1n) is 12.9. The van der Waals surface area contributed by atoms with Gasteiger partial charge < -0.3 is 15.0 Å². The van der Waals surface area contributed by atoms with E-state index >= 15 is 0 Å². The lowest BCUT2D eigenvalue weighted by atomic mass is 9.93. The van der Waals surface area contributed by atoms with Crippen LogP contribution in [0.2, 0.25) is 0 Å². The van der Waals surface area contributed by atoms with Gasteiger partial charge in [-0.25, -0.2) is 4.98 Å². The Morgan fingerprint density at radius 1 is 0.912 bits per heavy atom. The van der Waals surface area contributed by atoms with E-state index < -0.39 is 0 Å². The average Bonchev–Trinajstić information content (AvgIpc) is 3.54. The van der Waals surface area contributed by atoms with Gasteiger partial charge in [0.15, 0.2) is 5.65 Å². The number of aryl methyl sites for hydroxylation is 3. The second kappa shape index (κ2) is 9.09. The lowest BCUT2D eigenvalue weighted by Gasteiger charge is -2.28. The number of rotatable bonds is 5. The molecule has 180 valence electrons. The van der Waals surface area contributed by atoms with Gasteiger partial charge in [-0.3, -0.25) is 4.98 Å². The Labute approximate surface area is 200 Å². The Balaban J connectivity index is 1.38. The zero-order chi connectivity index (χ0) is 23.1. The van der Waals surface area contributed by atoms with Gasteiger partial charge in [0.2, 0.25) is 11.9 Å². The Morgan fingerprint density at radius 2 is 1.65 bits per heavy atom. The smallest absolute Gasteiger partial charge is 0.230 e. The van der Waals surface area contributed by atoms with Gasteiger partial charge in [-0.05, 0) is 71.1 Å². The molecule has 9 heteroatoms. The predicted octanol–water partition coefficient (Wildman–Crippen LogP) is 3.74. The molecule has 34 heavy (non-hydrogen) atoms. The molecule has 1 saturated carbocycles. The van der Waals surface area contributed by atoms with Crippen molar-refractivity contribution in [3.8, 4) is 11.4 Å². The lowest BCUT2D eigenvalue weighted by molar-refractivity contribution is 0.0681. The van der Waals surface area contributed by atoms with Crippen molar-refractivity contribution in [3.63, 3.8) is 0 Å². The molecule has 1 N–H and O–H groups in total. The highest BCUT2D eigenvalue weighted by molar-refractivity contribution is 5.65. The summed E-state index contributed by atoms with van der Waals surface area (Å²) in [7, 11) is 1.81. The van der Waals surface area contributed by atoms with Gasteiger partial charge in [0.1, 0.15) is 11.4 Å². The monoisotopic (exact) mass is 462 g/mol. The highest BCUT2D eigenvalue weighted by atomic mass is 16.5. The number of hydrogen-bond donors (Lipinski definition) is 1. The number of hydrogen-bond acceptors (Lipinski definition) is 8. The van der Waals surface area contributed by atoms with Crippen LogP contribution >= 0.6 is 0 Å². The zero-order valence-electron chi connectivity index (χ0n) is 20.3. The van der Waals surface area contributed by atoms with Crippen molar-refractivity contribution in [1.29, 1.82) is 0 Å². The molecule has 6 rings (SSSR count). The summed E-state index contributed by atoms with van der Waals surface area (Å²) in [6.07, 6.45) is 11.4. The van der Waals surface area contributed by atoms with Gasteiger partial charge in [0.05, 0.1) is 23.2 Å². The quantitative estimate of drug-likeness (QED) is 0.613. The van der Waals surface area contributed by atoms with Crippen LogP contribution in [0.25, 0.3) is 17.0 Å². The fraction of sp³-hybridized carbons (Fsp3) is 0.640. The molecule has 0 aromatic carbocycles. The molecular formula is C25H34N8O. The van der Waals surface area contributed by atoms with Crippen LogP contribution in [0.1, 0.15) is 68.4 Å². The van der Waals surface area contributed by atoms with E-state index in [0.29, 0.717) is 12.1 Å². The molecule has 3 aromatic heterocycles. The van der Waals surface area contributed by atoms with E-state index in [-0.39, 0.29) is 0 Å². The highest BCUT2D eigenvalue weighted by Gasteiger charge is 2.25. The molecule has 1 aliphatic heterocycles. The standard InChI is InChI=1S/C25H34N8O/c1-16-23(28-20-8-4-3-7-19(20)26-16)21-15-22-29-24(32-13-5-6-14-32)30-25(33(22)31-21)27-17-9-11-18(34-2)12-10-17/h15,17-18H,3-14H2,1-2H3,(H,27,29,30)/t17-,18-. The summed E-state index contributed by atoms with van der Waals surface area (Å²) < 4.78 is 7.42. The number of ether oxygens (including phenoxy) is 1. The third-order valence-electron chi connectivity index (χ3n) is 7.59. The maximum absolute atomic E-state index is 5.56. The van der Waals surface area contributed by atoms with Crippen LogP contribution < -0.4 is 10.2 Å². The zero-order valence-corrected chi connectivity index (χ0v) is 20.3. The van der Waals surface area contributed by atoms with Crippen molar-refractivity contribution in [3.05, 3.63) is 23.1 Å². The number of methoxy groups -OCH3 is 1. The molecule has 0 bridgehead atoms. The van der Waals surface area contributed by atoms with Crippen LogP contribution in [0.5, 0.6) is 0 Å². The lowest BCUT2D eigenvalue weighted by Crippen LogP contribution is -2.31. The van der Waals surface area contributed by atoms with Crippen molar-refractivity contribution in [2.75, 3.05) is 30.4 Å². The van der Waals surface area contributed by atoms with E-state index in [4.69, 9.17) is 29.8 Å². The van der Waals surface area contributed by atoms with Crippen molar-refractivity contribution >= 4 is 17.5 Å². The Morgan fingerprint density at radius 3 is 2.38 bits per heavy atom. The second-order valence-corrected chi connectivity index (χ2v) is 9.95. The third-order valence-corrected chi connectivity index (χ3v) is 7.59. The number of aromatic nitrogens is 6. The average molecular weight is 463 g/mol. The molecule has 0 amide bonds. The maximum Gasteiger partial charge on any atom is 0.230 e. The number of nitrogens with one attached hydrogen (secondary N) is 1. The maximum atomic E-state index is 5.56. The van der Waals surface area contributed by atoms with Crippen LogP contribution in [0.4, 0.5) is 11.9 Å². The third kappa shape index (κ3) is 4.10. The number of fused-ring (bicyclic) bond motifs is 2. The SMILES string of the molecule is CO[C@H]1CC[C@H](Nc2nc(N3CCCC3)nc3cc(-c4nc5c(nc4C)CCCC5)nn23)CC1. The van der Waals surface area contributed by atoms with Gasteiger partial charge in [0.25, 0.3) is 0 Å². The Kier molecular flexibility index (Phi) is 5.80. The Hall–Kier alpha value is -2.81. The molecular weight excluding hydrogens is 428 g/mol. The normalized spacial score (nSPS) is 22.8. The summed E-state index contributed by atoms with van der Waals surface area (Å²) in [6, 6.07) is 2.40. The van der Waals surface area contributed by atoms with Crippen molar-refractivity contribution in [2.45, 2.75) is 83.3 Å². The molecule has 1 saturated heterocycles. The van der Waals surface area contributed by atoms with Crippen LogP contribution in [0.3, 0.4) is 0 Å². The molecule has 0 atom stereocenters. The second-order valence-electron chi connectivity index (χ2n) is 9.95. The summed E-state index contributed by atoms with van der Waals surface area (Å²) >= 11 is 0. The van der Waals surface area contributed by atoms with Gasteiger partial charge in [-0.2, -0.15) is 19.6 Å². The predicted molar refractivity (Wildman–Crippen MR) is 131 cm³/mol. The van der Waals surface area contributed by atoms with E-state index in [9.17, 15) is 0 Å². The minimum absolute atomic E-state index is 0.355. The van der Waals surface area contributed by atoms with Crippen molar-refractivity contribution < 1.29 is 4.74 Å². The van der Waals surface area contributed by atoms with Crippen LogP contribution in [0, 0.1) is 6.92 Å². The molecule has 2 aliphatic carbocycles. The largest absolute Gasteiger partial charge is 0.381 e. The minimum atomic E-state index is 0.355. The number of nitrogens with zero attached hydrogens (tertiary/aromatic N) is 7. The van der Waals surface area contributed by atoms with E-state index in [2.05, 4.69) is 10.2 Å². The van der Waals surface area contributed by atoms with Crippen LogP contribution in [-0.4, -0.2) is 61.9 Å². The topological polar surface area (TPSA) is 93.4 Å². The van der Waals surface area contributed by atoms with E-state index in [1.165, 1.54) is 25.7 Å². The molecule has 4 heterocycles. The molecule has 0 spiro atoms.